The molecule has 11 nitrogen and oxygen atoms in total. The lowest BCUT2D eigenvalue weighted by Gasteiger charge is -2.21. The smallest absolute Gasteiger partial charge is 0.414 e. The Morgan fingerprint density at radius 1 is 0.800 bits per heavy atom. The molecule has 0 aliphatic heterocycles. The first kappa shape index (κ1) is 37.0. The van der Waals surface area contributed by atoms with Gasteiger partial charge in [0.15, 0.2) is 10.8 Å². The molecular weight excluding hydrogens is 718 g/mol. The van der Waals surface area contributed by atoms with Crippen LogP contribution in [0.5, 0.6) is 0 Å². The van der Waals surface area contributed by atoms with Gasteiger partial charge in [0.2, 0.25) is 5.95 Å². The first-order valence-electron chi connectivity index (χ1n) is 17.7. The highest BCUT2D eigenvalue weighted by Gasteiger charge is 2.43. The van der Waals surface area contributed by atoms with Crippen LogP contribution >= 0.6 is 11.6 Å². The average Bonchev–Trinajstić information content (AvgIpc) is 3.73. The molecule has 1 N–H and O–H groups in total. The summed E-state index contributed by atoms with van der Waals surface area (Å²) in [6.07, 6.45) is 0.325. The van der Waals surface area contributed by atoms with Crippen molar-refractivity contribution in [3.8, 4) is 22.3 Å². The Morgan fingerprint density at radius 2 is 1.35 bits per heavy atom. The Kier molecular flexibility index (Phi) is 10.5. The second-order valence-corrected chi connectivity index (χ2v) is 14.5. The molecule has 1 saturated carbocycles. The third kappa shape index (κ3) is 8.42. The maximum absolute atomic E-state index is 13.6. The third-order valence-corrected chi connectivity index (χ3v) is 9.51. The van der Waals surface area contributed by atoms with Gasteiger partial charge >= 0.3 is 18.0 Å². The minimum atomic E-state index is -0.750. The summed E-state index contributed by atoms with van der Waals surface area (Å²) in [6.45, 7) is 9.50. The largest absolute Gasteiger partial charge is 0.461 e. The molecule has 6 aromatic rings. The van der Waals surface area contributed by atoms with Crippen LogP contribution in [0, 0.1) is 5.92 Å². The summed E-state index contributed by atoms with van der Waals surface area (Å²) in [6, 6.07) is 33.6. The fraction of sp³-hybridized carbons (Fsp3) is 0.209. The second-order valence-electron chi connectivity index (χ2n) is 14.2. The predicted octanol–water partition coefficient (Wildman–Crippen LogP) is 9.36. The standard InChI is InChI=1S/C43H38ClN5O6/c1-26-33(24-53-39(50)31-19-15-29(16-20-31)27-11-7-5-8-12-27)35(54-40(51)32-21-17-30(18-22-32)28-13-9-6-10-14-28)23-34(26)49-25-45-36-37(44)46-41(47-38(36)49)48-42(52)55-43(2,3)4/h5-22,25,33-35H,1,23-24H2,2-4H3,(H,46,47,48,52)/t33-,34-,35-/m0/s1. The summed E-state index contributed by atoms with van der Waals surface area (Å²) in [5.74, 6) is -1.72. The number of hydrogen-bond donors (Lipinski definition) is 1. The van der Waals surface area contributed by atoms with Crippen LogP contribution in [-0.2, 0) is 14.2 Å². The van der Waals surface area contributed by atoms with E-state index < -0.39 is 41.7 Å². The van der Waals surface area contributed by atoms with Gasteiger partial charge in [-0.2, -0.15) is 9.97 Å². The number of halogens is 1. The lowest BCUT2D eigenvalue weighted by molar-refractivity contribution is 0.00848. The number of carbonyl (C=O) groups is 3. The molecule has 1 aliphatic rings. The molecule has 1 fully saturated rings. The van der Waals surface area contributed by atoms with E-state index in [0.29, 0.717) is 27.9 Å². The topological polar surface area (TPSA) is 135 Å². The summed E-state index contributed by atoms with van der Waals surface area (Å²) in [5.41, 5.74) is 5.21. The van der Waals surface area contributed by atoms with Crippen LogP contribution < -0.4 is 5.32 Å². The summed E-state index contributed by atoms with van der Waals surface area (Å²) >= 11 is 6.50. The highest BCUT2D eigenvalue weighted by Crippen LogP contribution is 2.43. The molecule has 0 saturated heterocycles. The number of hydrogen-bond acceptors (Lipinski definition) is 9. The molecule has 0 bridgehead atoms. The normalized spacial score (nSPS) is 16.8. The zero-order valence-corrected chi connectivity index (χ0v) is 31.2. The number of aromatic nitrogens is 4. The van der Waals surface area contributed by atoms with Crippen molar-refractivity contribution >= 4 is 46.7 Å². The molecule has 55 heavy (non-hydrogen) atoms. The number of imidazole rings is 1. The van der Waals surface area contributed by atoms with Crippen molar-refractivity contribution < 1.29 is 28.6 Å². The number of esters is 2. The third-order valence-electron chi connectivity index (χ3n) is 9.24. The van der Waals surface area contributed by atoms with Crippen LogP contribution in [0.1, 0.15) is 53.9 Å². The summed E-state index contributed by atoms with van der Waals surface area (Å²) in [5, 5.41) is 2.55. The SMILES string of the molecule is C=C1[C@H](COC(=O)c2ccc(-c3ccccc3)cc2)[C@@H](OC(=O)c2ccc(-c3ccccc3)cc2)C[C@@H]1n1cnc2c(Cl)nc(NC(=O)OC(C)(C)C)nc21. The molecule has 278 valence electrons. The Morgan fingerprint density at radius 3 is 1.91 bits per heavy atom. The molecule has 7 rings (SSSR count). The second kappa shape index (κ2) is 15.6. The van der Waals surface area contributed by atoms with Crippen molar-refractivity contribution in [1.82, 2.24) is 19.5 Å². The number of rotatable bonds is 9. The lowest BCUT2D eigenvalue weighted by Crippen LogP contribution is -2.27. The van der Waals surface area contributed by atoms with Crippen LogP contribution in [0.2, 0.25) is 5.15 Å². The quantitative estimate of drug-likeness (QED) is 0.0663. The van der Waals surface area contributed by atoms with E-state index in [4.69, 9.17) is 25.8 Å². The van der Waals surface area contributed by atoms with Crippen molar-refractivity contribution in [3.05, 3.63) is 144 Å². The van der Waals surface area contributed by atoms with E-state index >= 15 is 0 Å². The molecule has 0 unspecified atom stereocenters. The summed E-state index contributed by atoms with van der Waals surface area (Å²) < 4.78 is 19.1. The molecule has 2 heterocycles. The number of nitrogens with zero attached hydrogens (tertiary/aromatic N) is 4. The number of carbonyl (C=O) groups excluding carboxylic acids is 3. The molecule has 1 aliphatic carbocycles. The van der Waals surface area contributed by atoms with Gasteiger partial charge in [-0.25, -0.2) is 19.4 Å². The molecule has 12 heteroatoms. The van der Waals surface area contributed by atoms with Gasteiger partial charge in [0, 0.05) is 6.42 Å². The van der Waals surface area contributed by atoms with Gasteiger partial charge < -0.3 is 18.8 Å². The Hall–Kier alpha value is -6.33. The van der Waals surface area contributed by atoms with Gasteiger partial charge in [-0.15, -0.1) is 0 Å². The number of nitrogens with one attached hydrogen (secondary N) is 1. The van der Waals surface area contributed by atoms with Gasteiger partial charge in [-0.05, 0) is 72.9 Å². The van der Waals surface area contributed by atoms with Crippen LogP contribution in [-0.4, -0.2) is 55.9 Å². The van der Waals surface area contributed by atoms with Gasteiger partial charge in [0.1, 0.15) is 23.8 Å². The Bertz CT molecular complexity index is 2360. The summed E-state index contributed by atoms with van der Waals surface area (Å²) in [4.78, 5) is 52.7. The minimum Gasteiger partial charge on any atom is -0.461 e. The number of fused-ring (bicyclic) bond motifs is 1. The van der Waals surface area contributed by atoms with Crippen LogP contribution in [0.25, 0.3) is 33.4 Å². The molecule has 0 radical (unpaired) electrons. The van der Waals surface area contributed by atoms with Crippen molar-refractivity contribution in [3.63, 3.8) is 0 Å². The molecule has 1 amide bonds. The van der Waals surface area contributed by atoms with E-state index in [1.54, 1.807) is 55.9 Å². The first-order chi connectivity index (χ1) is 26.4. The Labute approximate surface area is 323 Å². The number of benzene rings is 4. The van der Waals surface area contributed by atoms with Crippen molar-refractivity contribution in [2.75, 3.05) is 11.9 Å². The molecule has 4 aromatic carbocycles. The minimum absolute atomic E-state index is 0.0177. The van der Waals surface area contributed by atoms with E-state index in [9.17, 15) is 14.4 Å². The van der Waals surface area contributed by atoms with Crippen LogP contribution in [0.15, 0.2) is 128 Å². The lowest BCUT2D eigenvalue weighted by atomic mass is 10.0. The number of amides is 1. The van der Waals surface area contributed by atoms with Crippen molar-refractivity contribution in [2.24, 2.45) is 5.92 Å². The Balaban J connectivity index is 1.13. The van der Waals surface area contributed by atoms with Crippen LogP contribution in [0.4, 0.5) is 10.7 Å². The van der Waals surface area contributed by atoms with E-state index in [1.165, 1.54) is 0 Å². The van der Waals surface area contributed by atoms with E-state index in [2.05, 4.69) is 26.8 Å². The van der Waals surface area contributed by atoms with E-state index in [-0.39, 0.29) is 24.1 Å². The summed E-state index contributed by atoms with van der Waals surface area (Å²) in [7, 11) is 0. The zero-order valence-electron chi connectivity index (χ0n) is 30.4. The first-order valence-corrected chi connectivity index (χ1v) is 18.1. The fourth-order valence-corrected chi connectivity index (χ4v) is 6.75. The van der Waals surface area contributed by atoms with E-state index in [1.807, 2.05) is 84.9 Å². The van der Waals surface area contributed by atoms with E-state index in [0.717, 1.165) is 22.3 Å². The zero-order chi connectivity index (χ0) is 38.7. The monoisotopic (exact) mass is 755 g/mol. The molecule has 3 atom stereocenters. The number of ether oxygens (including phenoxy) is 3. The molecule has 0 spiro atoms. The van der Waals surface area contributed by atoms with Gasteiger partial charge in [-0.1, -0.05) is 103 Å². The molecular formula is C43H38ClN5O6. The highest BCUT2D eigenvalue weighted by molar-refractivity contribution is 6.33. The number of anilines is 1. The van der Waals surface area contributed by atoms with Crippen molar-refractivity contribution in [2.45, 2.75) is 44.9 Å². The fourth-order valence-electron chi connectivity index (χ4n) is 6.53. The maximum atomic E-state index is 13.6. The van der Waals surface area contributed by atoms with Crippen molar-refractivity contribution in [1.29, 1.82) is 0 Å². The van der Waals surface area contributed by atoms with Crippen LogP contribution in [0.3, 0.4) is 0 Å². The van der Waals surface area contributed by atoms with Gasteiger partial charge in [0.25, 0.3) is 0 Å². The van der Waals surface area contributed by atoms with Gasteiger partial charge in [-0.3, -0.25) is 5.32 Å². The maximum Gasteiger partial charge on any atom is 0.414 e. The highest BCUT2D eigenvalue weighted by atomic mass is 35.5. The average molecular weight is 756 g/mol. The van der Waals surface area contributed by atoms with Gasteiger partial charge in [0.05, 0.1) is 29.4 Å². The molecule has 2 aromatic heterocycles. The predicted molar refractivity (Wildman–Crippen MR) is 210 cm³/mol.